The molecule has 0 fully saturated rings. The van der Waals surface area contributed by atoms with Gasteiger partial charge >= 0.3 is 0 Å². The summed E-state index contributed by atoms with van der Waals surface area (Å²) in [5, 5.41) is 15.4. The number of carbonyl (C=O) groups is 1. The van der Waals surface area contributed by atoms with Crippen molar-refractivity contribution in [3.8, 4) is 5.69 Å². The average molecular weight is 411 g/mol. The monoisotopic (exact) mass is 410 g/mol. The Morgan fingerprint density at radius 3 is 2.41 bits per heavy atom. The first-order valence-electron chi connectivity index (χ1n) is 9.48. The van der Waals surface area contributed by atoms with Crippen molar-refractivity contribution in [2.75, 3.05) is 24.7 Å². The van der Waals surface area contributed by atoms with Crippen LogP contribution in [0.5, 0.6) is 0 Å². The Morgan fingerprint density at radius 2 is 1.79 bits per heavy atom. The van der Waals surface area contributed by atoms with Crippen LogP contribution in [-0.4, -0.2) is 46.0 Å². The highest BCUT2D eigenvalue weighted by Crippen LogP contribution is 2.20. The fourth-order valence-corrected chi connectivity index (χ4v) is 3.45. The second-order valence-electron chi connectivity index (χ2n) is 7.25. The average Bonchev–Trinajstić information content (AvgIpc) is 3.19. The summed E-state index contributed by atoms with van der Waals surface area (Å²) in [6.07, 6.45) is 0. The summed E-state index contributed by atoms with van der Waals surface area (Å²) < 4.78 is 1.65. The molecule has 0 aliphatic rings. The van der Waals surface area contributed by atoms with E-state index in [0.717, 1.165) is 16.9 Å². The van der Waals surface area contributed by atoms with E-state index in [0.29, 0.717) is 17.6 Å². The third-order valence-electron chi connectivity index (χ3n) is 4.52. The predicted octanol–water partition coefficient (Wildman–Crippen LogP) is 3.26. The Morgan fingerprint density at radius 1 is 1.10 bits per heavy atom. The highest BCUT2D eigenvalue weighted by molar-refractivity contribution is 7.99. The van der Waals surface area contributed by atoms with Crippen molar-refractivity contribution in [3.05, 3.63) is 59.7 Å². The molecule has 0 bridgehead atoms. The van der Waals surface area contributed by atoms with Gasteiger partial charge in [-0.2, -0.15) is 4.68 Å². The van der Waals surface area contributed by atoms with E-state index in [1.807, 2.05) is 55.4 Å². The van der Waals surface area contributed by atoms with Crippen LogP contribution in [0.3, 0.4) is 0 Å². The summed E-state index contributed by atoms with van der Waals surface area (Å²) in [5.41, 5.74) is 4.32. The van der Waals surface area contributed by atoms with E-state index < -0.39 is 0 Å². The number of benzene rings is 2. The van der Waals surface area contributed by atoms with Gasteiger partial charge in [0.15, 0.2) is 0 Å². The number of nitrogens with zero attached hydrogens (tertiary/aromatic N) is 5. The molecule has 0 aliphatic heterocycles. The normalized spacial score (nSPS) is 10.9. The van der Waals surface area contributed by atoms with Crippen LogP contribution in [0.1, 0.15) is 30.9 Å². The highest BCUT2D eigenvalue weighted by Gasteiger charge is 2.12. The Labute approximate surface area is 175 Å². The molecule has 2 aromatic carbocycles. The summed E-state index contributed by atoms with van der Waals surface area (Å²) in [7, 11) is 4.00. The Kier molecular flexibility index (Phi) is 6.87. The Bertz CT molecular complexity index is 935. The Balaban J connectivity index is 1.54. The molecule has 0 atom stereocenters. The van der Waals surface area contributed by atoms with Gasteiger partial charge in [-0.3, -0.25) is 4.79 Å². The lowest BCUT2D eigenvalue weighted by Crippen LogP contribution is -2.24. The van der Waals surface area contributed by atoms with E-state index in [1.165, 1.54) is 17.3 Å². The quantitative estimate of drug-likeness (QED) is 0.575. The first-order chi connectivity index (χ1) is 13.9. The molecule has 1 amide bonds. The van der Waals surface area contributed by atoms with Crippen LogP contribution in [-0.2, 0) is 11.3 Å². The zero-order chi connectivity index (χ0) is 20.8. The van der Waals surface area contributed by atoms with Gasteiger partial charge in [0.25, 0.3) is 0 Å². The van der Waals surface area contributed by atoms with Crippen molar-refractivity contribution in [1.29, 1.82) is 0 Å². The molecule has 3 aromatic rings. The molecule has 29 heavy (non-hydrogen) atoms. The molecule has 0 saturated carbocycles. The zero-order valence-electron chi connectivity index (χ0n) is 17.2. The van der Waals surface area contributed by atoms with Crippen LogP contribution < -0.4 is 10.2 Å². The topological polar surface area (TPSA) is 75.9 Å². The first kappa shape index (κ1) is 20.9. The molecule has 0 radical (unpaired) electrons. The van der Waals surface area contributed by atoms with Gasteiger partial charge in [-0.1, -0.05) is 49.9 Å². The molecule has 152 valence electrons. The molecule has 3 rings (SSSR count). The number of amides is 1. The summed E-state index contributed by atoms with van der Waals surface area (Å²) in [6, 6.07) is 16.2. The minimum atomic E-state index is -0.0589. The zero-order valence-corrected chi connectivity index (χ0v) is 18.0. The lowest BCUT2D eigenvalue weighted by atomic mass is 10.0. The van der Waals surface area contributed by atoms with Gasteiger partial charge in [-0.05, 0) is 51.7 Å². The van der Waals surface area contributed by atoms with Gasteiger partial charge in [0, 0.05) is 26.3 Å². The van der Waals surface area contributed by atoms with E-state index in [1.54, 1.807) is 4.68 Å². The number of nitrogens with one attached hydrogen (secondary N) is 1. The van der Waals surface area contributed by atoms with Crippen molar-refractivity contribution in [3.63, 3.8) is 0 Å². The molecular formula is C21H26N6OS. The summed E-state index contributed by atoms with van der Waals surface area (Å²) in [5.74, 6) is 0.659. The number of thioether (sulfide) groups is 1. The summed E-state index contributed by atoms with van der Waals surface area (Å²) >= 11 is 1.32. The molecule has 0 spiro atoms. The van der Waals surface area contributed by atoms with Gasteiger partial charge in [0.1, 0.15) is 0 Å². The van der Waals surface area contributed by atoms with Crippen LogP contribution in [0.2, 0.25) is 0 Å². The van der Waals surface area contributed by atoms with Gasteiger partial charge in [0.2, 0.25) is 11.1 Å². The molecule has 0 aliphatic carbocycles. The van der Waals surface area contributed by atoms with E-state index in [2.05, 4.69) is 46.8 Å². The fraction of sp³-hybridized carbons (Fsp3) is 0.333. The SMILES string of the molecule is CC(C)c1ccc(-n2nnnc2SCC(=O)NCc2ccc(N(C)C)cc2)cc1. The van der Waals surface area contributed by atoms with Gasteiger partial charge in [-0.15, -0.1) is 5.10 Å². The molecular weight excluding hydrogens is 384 g/mol. The number of hydrogen-bond acceptors (Lipinski definition) is 6. The van der Waals surface area contributed by atoms with Crippen LogP contribution in [0.15, 0.2) is 53.7 Å². The number of rotatable bonds is 8. The molecule has 1 N–H and O–H groups in total. The Hall–Kier alpha value is -2.87. The third-order valence-corrected chi connectivity index (χ3v) is 5.44. The fourth-order valence-electron chi connectivity index (χ4n) is 2.73. The maximum atomic E-state index is 12.2. The van der Waals surface area contributed by atoms with Crippen molar-refractivity contribution < 1.29 is 4.79 Å². The van der Waals surface area contributed by atoms with Crippen LogP contribution in [0.25, 0.3) is 5.69 Å². The highest BCUT2D eigenvalue weighted by atomic mass is 32.2. The lowest BCUT2D eigenvalue weighted by molar-refractivity contribution is -0.118. The number of tetrazole rings is 1. The second-order valence-corrected chi connectivity index (χ2v) is 8.19. The van der Waals surface area contributed by atoms with Crippen molar-refractivity contribution in [2.45, 2.75) is 31.5 Å². The number of aromatic nitrogens is 4. The standard InChI is InChI=1S/C21H26N6OS/c1-15(2)17-7-11-19(12-8-17)27-21(23-24-25-27)29-14-20(28)22-13-16-5-9-18(10-6-16)26(3)4/h5-12,15H,13-14H2,1-4H3,(H,22,28). The molecule has 1 aromatic heterocycles. The van der Waals surface area contributed by atoms with E-state index >= 15 is 0 Å². The minimum absolute atomic E-state index is 0.0589. The van der Waals surface area contributed by atoms with E-state index in [4.69, 9.17) is 0 Å². The van der Waals surface area contributed by atoms with Gasteiger partial charge in [-0.25, -0.2) is 0 Å². The molecule has 7 nitrogen and oxygen atoms in total. The molecule has 1 heterocycles. The van der Waals surface area contributed by atoms with E-state index in [9.17, 15) is 4.79 Å². The maximum Gasteiger partial charge on any atom is 0.230 e. The van der Waals surface area contributed by atoms with Gasteiger partial charge in [0.05, 0.1) is 11.4 Å². The van der Waals surface area contributed by atoms with E-state index in [-0.39, 0.29) is 11.7 Å². The molecule has 0 unspecified atom stereocenters. The van der Waals surface area contributed by atoms with Crippen molar-refractivity contribution >= 4 is 23.4 Å². The van der Waals surface area contributed by atoms with Crippen LogP contribution in [0.4, 0.5) is 5.69 Å². The third kappa shape index (κ3) is 5.57. The largest absolute Gasteiger partial charge is 0.378 e. The maximum absolute atomic E-state index is 12.2. The number of hydrogen-bond donors (Lipinski definition) is 1. The first-order valence-corrected chi connectivity index (χ1v) is 10.5. The van der Waals surface area contributed by atoms with Crippen LogP contribution >= 0.6 is 11.8 Å². The second kappa shape index (κ2) is 9.56. The van der Waals surface area contributed by atoms with Crippen molar-refractivity contribution in [2.24, 2.45) is 0 Å². The summed E-state index contributed by atoms with van der Waals surface area (Å²) in [4.78, 5) is 14.3. The number of anilines is 1. The molecule has 0 saturated heterocycles. The van der Waals surface area contributed by atoms with Crippen molar-refractivity contribution in [1.82, 2.24) is 25.5 Å². The molecule has 8 heteroatoms. The summed E-state index contributed by atoms with van der Waals surface area (Å²) in [6.45, 7) is 4.81. The predicted molar refractivity (Wildman–Crippen MR) is 117 cm³/mol. The lowest BCUT2D eigenvalue weighted by Gasteiger charge is -2.13. The van der Waals surface area contributed by atoms with Crippen LogP contribution in [0, 0.1) is 0 Å². The minimum Gasteiger partial charge on any atom is -0.378 e. The smallest absolute Gasteiger partial charge is 0.230 e. The number of carbonyl (C=O) groups excluding carboxylic acids is 1. The van der Waals surface area contributed by atoms with Gasteiger partial charge < -0.3 is 10.2 Å².